The van der Waals surface area contributed by atoms with Gasteiger partial charge in [0.05, 0.1) is 0 Å². The van der Waals surface area contributed by atoms with E-state index in [9.17, 15) is 4.79 Å². The van der Waals surface area contributed by atoms with Gasteiger partial charge in [-0.2, -0.15) is 0 Å². The van der Waals surface area contributed by atoms with Crippen LogP contribution in [0.2, 0.25) is 0 Å². The van der Waals surface area contributed by atoms with Crippen LogP contribution in [0, 0.1) is 6.92 Å². The van der Waals surface area contributed by atoms with E-state index in [1.165, 1.54) is 0 Å². The first kappa shape index (κ1) is 14.2. The van der Waals surface area contributed by atoms with Crippen LogP contribution in [-0.4, -0.2) is 25.0 Å². The predicted octanol–water partition coefficient (Wildman–Crippen LogP) is 3.79. The highest BCUT2D eigenvalue weighted by molar-refractivity contribution is 6.06. The number of carbonyl (C=O) groups is 1. The summed E-state index contributed by atoms with van der Waals surface area (Å²) in [5, 5.41) is 3.98. The molecular formula is C18H19N3O. The molecule has 0 aliphatic rings. The molecule has 0 saturated heterocycles. The molecule has 0 fully saturated rings. The van der Waals surface area contributed by atoms with Gasteiger partial charge in [0.25, 0.3) is 5.91 Å². The number of anilines is 2. The van der Waals surface area contributed by atoms with Crippen molar-refractivity contribution >= 4 is 28.2 Å². The van der Waals surface area contributed by atoms with E-state index in [-0.39, 0.29) is 5.91 Å². The first-order valence-electron chi connectivity index (χ1n) is 7.21. The molecule has 3 rings (SSSR count). The van der Waals surface area contributed by atoms with Crippen LogP contribution in [0.3, 0.4) is 0 Å². The number of aromatic nitrogens is 1. The zero-order valence-corrected chi connectivity index (χ0v) is 13.0. The van der Waals surface area contributed by atoms with E-state index in [2.05, 4.69) is 10.3 Å². The molecule has 2 N–H and O–H groups in total. The van der Waals surface area contributed by atoms with E-state index in [1.807, 2.05) is 74.4 Å². The Bertz CT molecular complexity index is 816. The Morgan fingerprint density at radius 3 is 2.45 bits per heavy atom. The van der Waals surface area contributed by atoms with E-state index in [4.69, 9.17) is 0 Å². The third-order valence-corrected chi connectivity index (χ3v) is 3.66. The van der Waals surface area contributed by atoms with Crippen molar-refractivity contribution in [2.24, 2.45) is 0 Å². The Kier molecular flexibility index (Phi) is 3.59. The molecule has 112 valence electrons. The number of aryl methyl sites for hydroxylation is 1. The number of nitrogens with zero attached hydrogens (tertiary/aromatic N) is 1. The summed E-state index contributed by atoms with van der Waals surface area (Å²) < 4.78 is 0. The van der Waals surface area contributed by atoms with Crippen molar-refractivity contribution in [3.63, 3.8) is 0 Å². The number of fused-ring (bicyclic) bond motifs is 1. The van der Waals surface area contributed by atoms with Crippen molar-refractivity contribution in [3.8, 4) is 0 Å². The van der Waals surface area contributed by atoms with Gasteiger partial charge in [-0.3, -0.25) is 4.79 Å². The van der Waals surface area contributed by atoms with Crippen LogP contribution in [-0.2, 0) is 0 Å². The van der Waals surface area contributed by atoms with Crippen LogP contribution in [0.25, 0.3) is 10.9 Å². The summed E-state index contributed by atoms with van der Waals surface area (Å²) in [5.74, 6) is -0.0987. The lowest BCUT2D eigenvalue weighted by Gasteiger charge is -2.13. The van der Waals surface area contributed by atoms with Gasteiger partial charge in [-0.1, -0.05) is 0 Å². The standard InChI is InChI=1S/C18H19N3O/c1-12-10-14-11-13(4-9-17(14)19-12)18(22)20-15-5-7-16(8-6-15)21(2)3/h4-11,19H,1-3H3,(H,20,22). The lowest BCUT2D eigenvalue weighted by molar-refractivity contribution is 0.102. The maximum atomic E-state index is 12.4. The molecule has 0 atom stereocenters. The average Bonchev–Trinajstić information content (AvgIpc) is 2.86. The molecule has 0 aliphatic heterocycles. The van der Waals surface area contributed by atoms with Crippen LogP contribution in [0.1, 0.15) is 16.1 Å². The Balaban J connectivity index is 1.80. The summed E-state index contributed by atoms with van der Waals surface area (Å²) in [6, 6.07) is 15.5. The predicted molar refractivity (Wildman–Crippen MR) is 91.8 cm³/mol. The Morgan fingerprint density at radius 2 is 1.77 bits per heavy atom. The molecule has 4 heteroatoms. The van der Waals surface area contributed by atoms with Crippen LogP contribution in [0.15, 0.2) is 48.5 Å². The average molecular weight is 293 g/mol. The first-order chi connectivity index (χ1) is 10.5. The van der Waals surface area contributed by atoms with E-state index >= 15 is 0 Å². The number of benzene rings is 2. The molecule has 3 aromatic rings. The number of rotatable bonds is 3. The Labute approximate surface area is 129 Å². The Morgan fingerprint density at radius 1 is 1.05 bits per heavy atom. The van der Waals surface area contributed by atoms with Crippen molar-refractivity contribution in [3.05, 3.63) is 59.8 Å². The molecule has 22 heavy (non-hydrogen) atoms. The number of H-pyrrole nitrogens is 1. The molecule has 0 saturated carbocycles. The van der Waals surface area contributed by atoms with Gasteiger partial charge in [0.1, 0.15) is 0 Å². The minimum absolute atomic E-state index is 0.0987. The quantitative estimate of drug-likeness (QED) is 0.771. The van der Waals surface area contributed by atoms with Gasteiger partial charge < -0.3 is 15.2 Å². The number of carbonyl (C=O) groups excluding carboxylic acids is 1. The van der Waals surface area contributed by atoms with Crippen molar-refractivity contribution in [2.45, 2.75) is 6.92 Å². The van der Waals surface area contributed by atoms with Crippen LogP contribution in [0.5, 0.6) is 0 Å². The molecule has 0 spiro atoms. The van der Waals surface area contributed by atoms with Crippen molar-refractivity contribution in [2.75, 3.05) is 24.3 Å². The highest BCUT2D eigenvalue weighted by atomic mass is 16.1. The van der Waals surface area contributed by atoms with E-state index in [1.54, 1.807) is 0 Å². The summed E-state index contributed by atoms with van der Waals surface area (Å²) in [6.07, 6.45) is 0. The minimum Gasteiger partial charge on any atom is -0.378 e. The number of nitrogens with one attached hydrogen (secondary N) is 2. The second-order valence-corrected chi connectivity index (χ2v) is 5.65. The maximum absolute atomic E-state index is 12.4. The van der Waals surface area contributed by atoms with Gasteiger partial charge in [-0.15, -0.1) is 0 Å². The highest BCUT2D eigenvalue weighted by Crippen LogP contribution is 2.19. The zero-order valence-electron chi connectivity index (χ0n) is 13.0. The Hall–Kier alpha value is -2.75. The number of aromatic amines is 1. The van der Waals surface area contributed by atoms with Crippen molar-refractivity contribution in [1.82, 2.24) is 4.98 Å². The van der Waals surface area contributed by atoms with E-state index < -0.39 is 0 Å². The number of hydrogen-bond acceptors (Lipinski definition) is 2. The lowest BCUT2D eigenvalue weighted by Crippen LogP contribution is -2.12. The maximum Gasteiger partial charge on any atom is 0.255 e. The summed E-state index contributed by atoms with van der Waals surface area (Å²) >= 11 is 0. The van der Waals surface area contributed by atoms with E-state index in [0.717, 1.165) is 28.0 Å². The molecule has 0 bridgehead atoms. The van der Waals surface area contributed by atoms with Crippen molar-refractivity contribution in [1.29, 1.82) is 0 Å². The summed E-state index contributed by atoms with van der Waals surface area (Å²) in [4.78, 5) is 17.6. The lowest BCUT2D eigenvalue weighted by atomic mass is 10.1. The monoisotopic (exact) mass is 293 g/mol. The molecule has 1 amide bonds. The minimum atomic E-state index is -0.0987. The number of amides is 1. The highest BCUT2D eigenvalue weighted by Gasteiger charge is 2.08. The second-order valence-electron chi connectivity index (χ2n) is 5.65. The van der Waals surface area contributed by atoms with Crippen molar-refractivity contribution < 1.29 is 4.79 Å². The third kappa shape index (κ3) is 2.81. The fourth-order valence-corrected chi connectivity index (χ4v) is 2.47. The zero-order chi connectivity index (χ0) is 15.7. The van der Waals surface area contributed by atoms with Gasteiger partial charge in [0.2, 0.25) is 0 Å². The van der Waals surface area contributed by atoms with Gasteiger partial charge in [-0.05, 0) is 55.5 Å². The molecular weight excluding hydrogens is 274 g/mol. The molecule has 0 aliphatic carbocycles. The fraction of sp³-hybridized carbons (Fsp3) is 0.167. The summed E-state index contributed by atoms with van der Waals surface area (Å²) in [6.45, 7) is 2.01. The second kappa shape index (κ2) is 5.56. The summed E-state index contributed by atoms with van der Waals surface area (Å²) in [5.41, 5.74) is 4.68. The smallest absolute Gasteiger partial charge is 0.255 e. The van der Waals surface area contributed by atoms with Gasteiger partial charge >= 0.3 is 0 Å². The summed E-state index contributed by atoms with van der Waals surface area (Å²) in [7, 11) is 3.98. The third-order valence-electron chi connectivity index (χ3n) is 3.66. The van der Waals surface area contributed by atoms with Gasteiger partial charge in [0, 0.05) is 47.6 Å². The molecule has 1 aromatic heterocycles. The number of hydrogen-bond donors (Lipinski definition) is 2. The molecule has 1 heterocycles. The van der Waals surface area contributed by atoms with Crippen LogP contribution >= 0.6 is 0 Å². The first-order valence-corrected chi connectivity index (χ1v) is 7.21. The SMILES string of the molecule is Cc1cc2cc(C(=O)Nc3ccc(N(C)C)cc3)ccc2[nH]1. The fourth-order valence-electron chi connectivity index (χ4n) is 2.47. The van der Waals surface area contributed by atoms with Gasteiger partial charge in [0.15, 0.2) is 0 Å². The molecule has 0 unspecified atom stereocenters. The topological polar surface area (TPSA) is 48.1 Å². The van der Waals surface area contributed by atoms with Crippen LogP contribution in [0.4, 0.5) is 11.4 Å². The molecule has 0 radical (unpaired) electrons. The van der Waals surface area contributed by atoms with E-state index in [0.29, 0.717) is 5.56 Å². The van der Waals surface area contributed by atoms with Gasteiger partial charge in [-0.25, -0.2) is 0 Å². The molecule has 2 aromatic carbocycles. The molecule has 4 nitrogen and oxygen atoms in total. The van der Waals surface area contributed by atoms with Crippen LogP contribution < -0.4 is 10.2 Å². The largest absolute Gasteiger partial charge is 0.378 e. The normalized spacial score (nSPS) is 10.7.